The van der Waals surface area contributed by atoms with Crippen molar-refractivity contribution in [2.24, 2.45) is 5.92 Å². The van der Waals surface area contributed by atoms with Gasteiger partial charge in [-0.3, -0.25) is 14.4 Å². The molecule has 0 spiro atoms. The number of nitrogens with one attached hydrogen (secondary N) is 1. The minimum absolute atomic E-state index is 0.0194. The summed E-state index contributed by atoms with van der Waals surface area (Å²) in [5.74, 6) is -0.658. The Morgan fingerprint density at radius 2 is 1.61 bits per heavy atom. The van der Waals surface area contributed by atoms with E-state index in [1.165, 1.54) is 12.5 Å². The number of carbonyl (C=O) groups is 3. The first-order chi connectivity index (χ1) is 13.1. The van der Waals surface area contributed by atoms with Crippen LogP contribution in [0.3, 0.4) is 0 Å². The van der Waals surface area contributed by atoms with Crippen LogP contribution in [0.15, 0.2) is 48.5 Å². The average molecular weight is 378 g/mol. The van der Waals surface area contributed by atoms with Crippen molar-refractivity contribution in [1.29, 1.82) is 0 Å². The van der Waals surface area contributed by atoms with E-state index in [0.717, 1.165) is 5.69 Å². The molecule has 0 aliphatic carbocycles. The van der Waals surface area contributed by atoms with Crippen molar-refractivity contribution >= 4 is 29.0 Å². The third kappa shape index (κ3) is 4.30. The predicted octanol–water partition coefficient (Wildman–Crippen LogP) is 4.18. The van der Waals surface area contributed by atoms with Gasteiger partial charge in [-0.1, -0.05) is 32.9 Å². The molecular formula is C23H26N2O3. The van der Waals surface area contributed by atoms with E-state index in [2.05, 4.69) is 26.1 Å². The first kappa shape index (κ1) is 19.8. The molecular weight excluding hydrogens is 352 g/mol. The van der Waals surface area contributed by atoms with Gasteiger partial charge in [-0.15, -0.1) is 0 Å². The standard InChI is InChI=1S/C23H26N2O3/c1-15(26)16-5-11-20(12-6-16)25-14-17(13-21(25)27)22(28)24-19-9-7-18(8-10-19)23(2,3)4/h5-12,17H,13-14H2,1-4H3,(H,24,28). The Kier molecular flexibility index (Phi) is 5.36. The summed E-state index contributed by atoms with van der Waals surface area (Å²) >= 11 is 0. The fourth-order valence-corrected chi connectivity index (χ4v) is 3.31. The third-order valence-corrected chi connectivity index (χ3v) is 5.10. The smallest absolute Gasteiger partial charge is 0.229 e. The quantitative estimate of drug-likeness (QED) is 0.812. The number of hydrogen-bond acceptors (Lipinski definition) is 3. The van der Waals surface area contributed by atoms with Gasteiger partial charge in [0.15, 0.2) is 5.78 Å². The van der Waals surface area contributed by atoms with Gasteiger partial charge in [-0.05, 0) is 54.3 Å². The Hall–Kier alpha value is -2.95. The molecule has 1 saturated heterocycles. The number of hydrogen-bond donors (Lipinski definition) is 1. The molecule has 146 valence electrons. The Balaban J connectivity index is 1.65. The lowest BCUT2D eigenvalue weighted by Crippen LogP contribution is -2.28. The van der Waals surface area contributed by atoms with Crippen molar-refractivity contribution in [1.82, 2.24) is 0 Å². The minimum Gasteiger partial charge on any atom is -0.326 e. The number of rotatable bonds is 4. The maximum Gasteiger partial charge on any atom is 0.229 e. The maximum absolute atomic E-state index is 12.6. The monoisotopic (exact) mass is 378 g/mol. The molecule has 1 atom stereocenters. The van der Waals surface area contributed by atoms with Gasteiger partial charge < -0.3 is 10.2 Å². The SMILES string of the molecule is CC(=O)c1ccc(N2CC(C(=O)Nc3ccc(C(C)(C)C)cc3)CC2=O)cc1. The van der Waals surface area contributed by atoms with E-state index >= 15 is 0 Å². The zero-order valence-corrected chi connectivity index (χ0v) is 16.8. The van der Waals surface area contributed by atoms with Gasteiger partial charge in [0.25, 0.3) is 0 Å². The fourth-order valence-electron chi connectivity index (χ4n) is 3.31. The number of ketones is 1. The van der Waals surface area contributed by atoms with Crippen molar-refractivity contribution in [2.45, 2.75) is 39.5 Å². The number of Topliss-reactive ketones (excluding diaryl/α,β-unsaturated/α-hetero) is 1. The van der Waals surface area contributed by atoms with Crippen LogP contribution in [0.1, 0.15) is 50.0 Å². The zero-order valence-electron chi connectivity index (χ0n) is 16.8. The highest BCUT2D eigenvalue weighted by molar-refractivity contribution is 6.03. The summed E-state index contributed by atoms with van der Waals surface area (Å²) in [7, 11) is 0. The van der Waals surface area contributed by atoms with Crippen LogP contribution in [-0.4, -0.2) is 24.1 Å². The van der Waals surface area contributed by atoms with Crippen molar-refractivity contribution < 1.29 is 14.4 Å². The Bertz CT molecular complexity index is 893. The molecule has 0 bridgehead atoms. The second kappa shape index (κ2) is 7.58. The topological polar surface area (TPSA) is 66.5 Å². The highest BCUT2D eigenvalue weighted by atomic mass is 16.2. The second-order valence-electron chi connectivity index (χ2n) is 8.33. The van der Waals surface area contributed by atoms with Gasteiger partial charge >= 0.3 is 0 Å². The summed E-state index contributed by atoms with van der Waals surface area (Å²) in [4.78, 5) is 38.0. The summed E-state index contributed by atoms with van der Waals surface area (Å²) in [6.07, 6.45) is 0.181. The van der Waals surface area contributed by atoms with Gasteiger partial charge in [-0.25, -0.2) is 0 Å². The molecule has 5 heteroatoms. The van der Waals surface area contributed by atoms with Crippen LogP contribution in [0.5, 0.6) is 0 Å². The number of anilines is 2. The van der Waals surface area contributed by atoms with Gasteiger partial charge in [0.1, 0.15) is 0 Å². The molecule has 1 heterocycles. The molecule has 5 nitrogen and oxygen atoms in total. The van der Waals surface area contributed by atoms with E-state index < -0.39 is 5.92 Å². The van der Waals surface area contributed by atoms with E-state index in [0.29, 0.717) is 17.8 Å². The van der Waals surface area contributed by atoms with Crippen LogP contribution in [-0.2, 0) is 15.0 Å². The molecule has 1 aliphatic rings. The molecule has 1 aliphatic heterocycles. The van der Waals surface area contributed by atoms with Crippen LogP contribution in [0.4, 0.5) is 11.4 Å². The maximum atomic E-state index is 12.6. The first-order valence-electron chi connectivity index (χ1n) is 9.48. The molecule has 2 aromatic rings. The van der Waals surface area contributed by atoms with Gasteiger partial charge in [0.05, 0.1) is 5.92 Å². The number of benzene rings is 2. The van der Waals surface area contributed by atoms with E-state index in [1.54, 1.807) is 29.2 Å². The van der Waals surface area contributed by atoms with Crippen LogP contribution in [0.2, 0.25) is 0 Å². The molecule has 1 N–H and O–H groups in total. The average Bonchev–Trinajstić information content (AvgIpc) is 3.03. The number of nitrogens with zero attached hydrogens (tertiary/aromatic N) is 1. The molecule has 0 saturated carbocycles. The van der Waals surface area contributed by atoms with Crippen molar-refractivity contribution in [3.05, 3.63) is 59.7 Å². The number of carbonyl (C=O) groups excluding carboxylic acids is 3. The van der Waals surface area contributed by atoms with Crippen molar-refractivity contribution in [2.75, 3.05) is 16.8 Å². The van der Waals surface area contributed by atoms with E-state index in [9.17, 15) is 14.4 Å². The highest BCUT2D eigenvalue weighted by Crippen LogP contribution is 2.27. The Morgan fingerprint density at radius 1 is 1.00 bits per heavy atom. The van der Waals surface area contributed by atoms with Gasteiger partial charge in [0.2, 0.25) is 11.8 Å². The molecule has 0 radical (unpaired) electrons. The summed E-state index contributed by atoms with van der Waals surface area (Å²) < 4.78 is 0. The third-order valence-electron chi connectivity index (χ3n) is 5.10. The molecule has 0 aromatic heterocycles. The van der Waals surface area contributed by atoms with E-state index in [-0.39, 0.29) is 29.4 Å². The number of amides is 2. The molecule has 1 fully saturated rings. The largest absolute Gasteiger partial charge is 0.326 e. The summed E-state index contributed by atoms with van der Waals surface area (Å²) in [5, 5.41) is 2.92. The molecule has 1 unspecified atom stereocenters. The lowest BCUT2D eigenvalue weighted by molar-refractivity contribution is -0.122. The zero-order chi connectivity index (χ0) is 20.5. The second-order valence-corrected chi connectivity index (χ2v) is 8.33. The summed E-state index contributed by atoms with van der Waals surface area (Å²) in [6, 6.07) is 14.7. The van der Waals surface area contributed by atoms with Crippen LogP contribution in [0, 0.1) is 5.92 Å². The first-order valence-corrected chi connectivity index (χ1v) is 9.48. The Labute approximate surface area is 165 Å². The Morgan fingerprint density at radius 3 is 2.14 bits per heavy atom. The summed E-state index contributed by atoms with van der Waals surface area (Å²) in [6.45, 7) is 8.27. The van der Waals surface area contributed by atoms with Crippen molar-refractivity contribution in [3.63, 3.8) is 0 Å². The molecule has 2 amide bonds. The van der Waals surface area contributed by atoms with Crippen LogP contribution in [0.25, 0.3) is 0 Å². The normalized spacial score (nSPS) is 16.9. The van der Waals surface area contributed by atoms with Crippen molar-refractivity contribution in [3.8, 4) is 0 Å². The van der Waals surface area contributed by atoms with Crippen LogP contribution >= 0.6 is 0 Å². The van der Waals surface area contributed by atoms with Gasteiger partial charge in [0, 0.05) is 29.9 Å². The minimum atomic E-state index is -0.401. The molecule has 2 aromatic carbocycles. The highest BCUT2D eigenvalue weighted by Gasteiger charge is 2.35. The lowest BCUT2D eigenvalue weighted by atomic mass is 9.87. The molecule has 28 heavy (non-hydrogen) atoms. The summed E-state index contributed by atoms with van der Waals surface area (Å²) in [5.41, 5.74) is 3.29. The van der Waals surface area contributed by atoms with E-state index in [4.69, 9.17) is 0 Å². The van der Waals surface area contributed by atoms with E-state index in [1.807, 2.05) is 24.3 Å². The fraction of sp³-hybridized carbons (Fsp3) is 0.348. The predicted molar refractivity (Wildman–Crippen MR) is 111 cm³/mol. The molecule has 3 rings (SSSR count). The van der Waals surface area contributed by atoms with Gasteiger partial charge in [-0.2, -0.15) is 0 Å². The lowest BCUT2D eigenvalue weighted by Gasteiger charge is -2.19. The van der Waals surface area contributed by atoms with Crippen LogP contribution < -0.4 is 10.2 Å².